The third kappa shape index (κ3) is 3.95. The molecule has 1 aromatic heterocycles. The number of rotatable bonds is 5. The van der Waals surface area contributed by atoms with Crippen LogP contribution in [0.15, 0.2) is 53.1 Å². The summed E-state index contributed by atoms with van der Waals surface area (Å²) < 4.78 is 9.86. The maximum atomic E-state index is 11.9. The van der Waals surface area contributed by atoms with Gasteiger partial charge in [-0.25, -0.2) is 4.79 Å². The highest BCUT2D eigenvalue weighted by molar-refractivity contribution is 5.94. The van der Waals surface area contributed by atoms with Gasteiger partial charge in [-0.1, -0.05) is 30.3 Å². The van der Waals surface area contributed by atoms with Crippen molar-refractivity contribution in [1.82, 2.24) is 10.6 Å². The Labute approximate surface area is 128 Å². The molecule has 0 bridgehead atoms. The summed E-state index contributed by atoms with van der Waals surface area (Å²) in [6.07, 6.45) is 0.791. The Morgan fingerprint density at radius 3 is 2.45 bits per heavy atom. The number of hydrogen-bond donors (Lipinski definition) is 2. The number of carbonyl (C=O) groups is 2. The normalized spacial score (nSPS) is 13.2. The van der Waals surface area contributed by atoms with E-state index in [2.05, 4.69) is 15.4 Å². The van der Waals surface area contributed by atoms with Crippen molar-refractivity contribution in [3.05, 3.63) is 60.1 Å². The summed E-state index contributed by atoms with van der Waals surface area (Å²) in [5, 5.41) is 5.29. The smallest absolute Gasteiger partial charge is 0.413 e. The van der Waals surface area contributed by atoms with Crippen molar-refractivity contribution in [2.24, 2.45) is 0 Å². The molecule has 0 aliphatic heterocycles. The van der Waals surface area contributed by atoms with Crippen LogP contribution in [-0.2, 0) is 9.53 Å². The fraction of sp³-hybridized carbons (Fsp3) is 0.250. The largest absolute Gasteiger partial charge is 0.467 e. The molecule has 6 nitrogen and oxygen atoms in total. The standard InChI is InChI=1S/C16H18N2O4/c1-11(15(19)18-16(20)21-2)17-14(13-9-6-10-22-13)12-7-4-3-5-8-12/h3-11,14,17H,1-2H3,(H,18,19,20)/t11-,14+/m1/s1. The Balaban J connectivity index is 2.14. The molecule has 0 saturated carbocycles. The van der Waals surface area contributed by atoms with Crippen molar-refractivity contribution in [2.75, 3.05) is 7.11 Å². The van der Waals surface area contributed by atoms with Crippen molar-refractivity contribution in [2.45, 2.75) is 19.0 Å². The molecule has 22 heavy (non-hydrogen) atoms. The molecule has 1 aromatic carbocycles. The monoisotopic (exact) mass is 302 g/mol. The highest BCUT2D eigenvalue weighted by Crippen LogP contribution is 2.22. The van der Waals surface area contributed by atoms with Gasteiger partial charge in [0.25, 0.3) is 0 Å². The van der Waals surface area contributed by atoms with Gasteiger partial charge in [-0.15, -0.1) is 0 Å². The SMILES string of the molecule is COC(=O)NC(=O)[C@@H](C)N[C@@H](c1ccccc1)c1ccco1. The van der Waals surface area contributed by atoms with E-state index in [1.165, 1.54) is 7.11 Å². The van der Waals surface area contributed by atoms with Crippen LogP contribution in [-0.4, -0.2) is 25.2 Å². The molecule has 2 aromatic rings. The van der Waals surface area contributed by atoms with Crippen LogP contribution in [0.3, 0.4) is 0 Å². The lowest BCUT2D eigenvalue weighted by Gasteiger charge is -2.21. The number of imide groups is 1. The lowest BCUT2D eigenvalue weighted by atomic mass is 10.0. The summed E-state index contributed by atoms with van der Waals surface area (Å²) >= 11 is 0. The fourth-order valence-corrected chi connectivity index (χ4v) is 2.03. The molecule has 2 rings (SSSR count). The number of carbonyl (C=O) groups excluding carboxylic acids is 2. The lowest BCUT2D eigenvalue weighted by molar-refractivity contribution is -0.122. The molecule has 2 atom stereocenters. The van der Waals surface area contributed by atoms with E-state index < -0.39 is 18.0 Å². The minimum Gasteiger partial charge on any atom is -0.467 e. The number of amides is 2. The molecule has 0 fully saturated rings. The predicted molar refractivity (Wildman–Crippen MR) is 80.1 cm³/mol. The van der Waals surface area contributed by atoms with E-state index in [1.54, 1.807) is 19.3 Å². The summed E-state index contributed by atoms with van der Waals surface area (Å²) in [6, 6.07) is 12.3. The van der Waals surface area contributed by atoms with Crippen LogP contribution in [0.4, 0.5) is 4.79 Å². The van der Waals surface area contributed by atoms with Gasteiger partial charge in [0.15, 0.2) is 0 Å². The van der Waals surface area contributed by atoms with Crippen LogP contribution in [0.2, 0.25) is 0 Å². The van der Waals surface area contributed by atoms with E-state index in [0.29, 0.717) is 5.76 Å². The first-order chi connectivity index (χ1) is 10.6. The Hall–Kier alpha value is -2.60. The fourth-order valence-electron chi connectivity index (χ4n) is 2.03. The summed E-state index contributed by atoms with van der Waals surface area (Å²) in [5.74, 6) is 0.211. The molecule has 116 valence electrons. The van der Waals surface area contributed by atoms with Gasteiger partial charge in [0, 0.05) is 0 Å². The second-order valence-electron chi connectivity index (χ2n) is 4.73. The summed E-state index contributed by atoms with van der Waals surface area (Å²) in [4.78, 5) is 23.1. The molecule has 1 heterocycles. The highest BCUT2D eigenvalue weighted by Gasteiger charge is 2.23. The number of hydrogen-bond acceptors (Lipinski definition) is 5. The Bertz CT molecular complexity index is 610. The van der Waals surface area contributed by atoms with Crippen LogP contribution in [0.1, 0.15) is 24.3 Å². The zero-order valence-electron chi connectivity index (χ0n) is 12.4. The van der Waals surface area contributed by atoms with Gasteiger partial charge in [-0.2, -0.15) is 0 Å². The maximum Gasteiger partial charge on any atom is 0.413 e. The zero-order valence-corrected chi connectivity index (χ0v) is 12.4. The van der Waals surface area contributed by atoms with Crippen molar-refractivity contribution in [3.63, 3.8) is 0 Å². The number of ether oxygens (including phenoxy) is 1. The summed E-state index contributed by atoms with van der Waals surface area (Å²) in [5.41, 5.74) is 0.954. The number of furan rings is 1. The van der Waals surface area contributed by atoms with Crippen molar-refractivity contribution in [1.29, 1.82) is 0 Å². The summed E-state index contributed by atoms with van der Waals surface area (Å²) in [7, 11) is 1.20. The molecule has 0 unspecified atom stereocenters. The van der Waals surface area contributed by atoms with Crippen LogP contribution < -0.4 is 10.6 Å². The van der Waals surface area contributed by atoms with Crippen molar-refractivity contribution < 1.29 is 18.7 Å². The lowest BCUT2D eigenvalue weighted by Crippen LogP contribution is -2.45. The first kappa shape index (κ1) is 15.8. The van der Waals surface area contributed by atoms with Crippen LogP contribution in [0, 0.1) is 0 Å². The molecular formula is C16H18N2O4. The Morgan fingerprint density at radius 2 is 1.86 bits per heavy atom. The molecule has 2 N–H and O–H groups in total. The first-order valence-corrected chi connectivity index (χ1v) is 6.85. The molecule has 0 saturated heterocycles. The van der Waals surface area contributed by atoms with Crippen LogP contribution in [0.5, 0.6) is 0 Å². The Morgan fingerprint density at radius 1 is 1.14 bits per heavy atom. The second-order valence-corrected chi connectivity index (χ2v) is 4.73. The van der Waals surface area contributed by atoms with E-state index in [-0.39, 0.29) is 6.04 Å². The minimum atomic E-state index is -0.784. The highest BCUT2D eigenvalue weighted by atomic mass is 16.5. The van der Waals surface area contributed by atoms with Crippen molar-refractivity contribution >= 4 is 12.0 Å². The number of nitrogens with one attached hydrogen (secondary N) is 2. The molecule has 2 amide bonds. The van der Waals surface area contributed by atoms with E-state index in [1.807, 2.05) is 36.4 Å². The third-order valence-corrected chi connectivity index (χ3v) is 3.18. The maximum absolute atomic E-state index is 11.9. The molecule has 0 spiro atoms. The van der Waals surface area contributed by atoms with Crippen molar-refractivity contribution in [3.8, 4) is 0 Å². The third-order valence-electron chi connectivity index (χ3n) is 3.18. The van der Waals surface area contributed by atoms with Gasteiger partial charge in [0.2, 0.25) is 5.91 Å². The van der Waals surface area contributed by atoms with Gasteiger partial charge in [0.05, 0.1) is 25.5 Å². The second kappa shape index (κ2) is 7.42. The van der Waals surface area contributed by atoms with Gasteiger partial charge in [-0.05, 0) is 24.6 Å². The topological polar surface area (TPSA) is 80.6 Å². The van der Waals surface area contributed by atoms with Gasteiger partial charge < -0.3 is 9.15 Å². The first-order valence-electron chi connectivity index (χ1n) is 6.85. The Kier molecular flexibility index (Phi) is 5.32. The van der Waals surface area contributed by atoms with E-state index in [4.69, 9.17) is 4.42 Å². The quantitative estimate of drug-likeness (QED) is 0.885. The summed E-state index contributed by atoms with van der Waals surface area (Å²) in [6.45, 7) is 1.66. The van der Waals surface area contributed by atoms with E-state index >= 15 is 0 Å². The molecular weight excluding hydrogens is 284 g/mol. The molecule has 6 heteroatoms. The molecule has 0 radical (unpaired) electrons. The van der Waals surface area contributed by atoms with Gasteiger partial charge in [-0.3, -0.25) is 15.4 Å². The minimum absolute atomic E-state index is 0.297. The molecule has 0 aliphatic carbocycles. The van der Waals surface area contributed by atoms with Crippen LogP contribution >= 0.6 is 0 Å². The average molecular weight is 302 g/mol. The van der Waals surface area contributed by atoms with Gasteiger partial charge in [0.1, 0.15) is 5.76 Å². The predicted octanol–water partition coefficient (Wildman–Crippen LogP) is 2.23. The van der Waals surface area contributed by atoms with E-state index in [0.717, 1.165) is 5.56 Å². The number of methoxy groups -OCH3 is 1. The number of alkyl carbamates (subject to hydrolysis) is 1. The molecule has 0 aliphatic rings. The zero-order chi connectivity index (χ0) is 15.9. The number of benzene rings is 1. The van der Waals surface area contributed by atoms with Gasteiger partial charge >= 0.3 is 6.09 Å². The van der Waals surface area contributed by atoms with Crippen LogP contribution in [0.25, 0.3) is 0 Å². The van der Waals surface area contributed by atoms with E-state index in [9.17, 15) is 9.59 Å². The average Bonchev–Trinajstić information content (AvgIpc) is 3.07.